The zero-order chi connectivity index (χ0) is 17.5. The minimum absolute atomic E-state index is 0.0332. The summed E-state index contributed by atoms with van der Waals surface area (Å²) < 4.78 is 6.03. The standard InChI is InChI=1S/C20H25N3O2/c21-22-20(24)17-10-12-23(13-11-17)14-18-8-4-5-9-19(18)25-15-16-6-2-1-3-7-16/h1-9,17H,10-15,21H2,(H,22,24). The molecule has 132 valence electrons. The van der Waals surface area contributed by atoms with Crippen molar-refractivity contribution < 1.29 is 9.53 Å². The second-order valence-corrected chi connectivity index (χ2v) is 6.44. The summed E-state index contributed by atoms with van der Waals surface area (Å²) in [7, 11) is 0. The lowest BCUT2D eigenvalue weighted by molar-refractivity contribution is -0.126. The molecule has 1 aliphatic rings. The lowest BCUT2D eigenvalue weighted by Gasteiger charge is -2.31. The van der Waals surface area contributed by atoms with Crippen molar-refractivity contribution in [1.29, 1.82) is 0 Å². The molecule has 0 aromatic heterocycles. The number of hydrazine groups is 1. The van der Waals surface area contributed by atoms with Gasteiger partial charge >= 0.3 is 0 Å². The van der Waals surface area contributed by atoms with E-state index >= 15 is 0 Å². The number of likely N-dealkylation sites (tertiary alicyclic amines) is 1. The third-order valence-corrected chi connectivity index (χ3v) is 4.70. The van der Waals surface area contributed by atoms with Gasteiger partial charge in [-0.2, -0.15) is 0 Å². The predicted molar refractivity (Wildman–Crippen MR) is 97.5 cm³/mol. The Labute approximate surface area is 148 Å². The molecule has 3 rings (SSSR count). The summed E-state index contributed by atoms with van der Waals surface area (Å²) in [6.45, 7) is 3.19. The molecule has 1 amide bonds. The number of carbonyl (C=O) groups is 1. The second kappa shape index (κ2) is 8.65. The molecule has 0 atom stereocenters. The lowest BCUT2D eigenvalue weighted by atomic mass is 9.96. The fourth-order valence-electron chi connectivity index (χ4n) is 3.22. The highest BCUT2D eigenvalue weighted by Gasteiger charge is 2.24. The van der Waals surface area contributed by atoms with Gasteiger partial charge in [0.05, 0.1) is 0 Å². The van der Waals surface area contributed by atoms with E-state index in [1.807, 2.05) is 36.4 Å². The van der Waals surface area contributed by atoms with Crippen molar-refractivity contribution in [2.24, 2.45) is 11.8 Å². The number of amides is 1. The van der Waals surface area contributed by atoms with E-state index in [1.54, 1.807) is 0 Å². The first-order valence-electron chi connectivity index (χ1n) is 8.73. The van der Waals surface area contributed by atoms with E-state index in [0.717, 1.165) is 43.8 Å². The summed E-state index contributed by atoms with van der Waals surface area (Å²) >= 11 is 0. The molecule has 2 aromatic rings. The van der Waals surface area contributed by atoms with Gasteiger partial charge < -0.3 is 4.74 Å². The Morgan fingerprint density at radius 2 is 1.76 bits per heavy atom. The lowest BCUT2D eigenvalue weighted by Crippen LogP contribution is -2.42. The van der Waals surface area contributed by atoms with Crippen LogP contribution in [0, 0.1) is 5.92 Å². The van der Waals surface area contributed by atoms with Gasteiger partial charge in [0.25, 0.3) is 0 Å². The van der Waals surface area contributed by atoms with E-state index < -0.39 is 0 Å². The molecule has 0 radical (unpaired) electrons. The number of ether oxygens (including phenoxy) is 1. The van der Waals surface area contributed by atoms with Crippen LogP contribution in [-0.4, -0.2) is 23.9 Å². The average Bonchev–Trinajstić information content (AvgIpc) is 2.68. The molecule has 1 aliphatic heterocycles. The van der Waals surface area contributed by atoms with Gasteiger partial charge in [-0.15, -0.1) is 0 Å². The minimum Gasteiger partial charge on any atom is -0.489 e. The number of carbonyl (C=O) groups excluding carboxylic acids is 1. The molecule has 1 saturated heterocycles. The molecule has 0 saturated carbocycles. The predicted octanol–water partition coefficient (Wildman–Crippen LogP) is 2.47. The van der Waals surface area contributed by atoms with Gasteiger partial charge in [-0.3, -0.25) is 15.1 Å². The summed E-state index contributed by atoms with van der Waals surface area (Å²) in [5.41, 5.74) is 4.60. The van der Waals surface area contributed by atoms with Gasteiger partial charge in [0, 0.05) is 18.0 Å². The zero-order valence-corrected chi connectivity index (χ0v) is 14.4. The topological polar surface area (TPSA) is 67.6 Å². The Hall–Kier alpha value is -2.37. The maximum Gasteiger partial charge on any atom is 0.237 e. The van der Waals surface area contributed by atoms with Crippen LogP contribution >= 0.6 is 0 Å². The summed E-state index contributed by atoms with van der Waals surface area (Å²) in [4.78, 5) is 14.0. The molecule has 0 bridgehead atoms. The summed E-state index contributed by atoms with van der Waals surface area (Å²) in [6.07, 6.45) is 1.69. The SMILES string of the molecule is NNC(=O)C1CCN(Cc2ccccc2OCc2ccccc2)CC1. The zero-order valence-electron chi connectivity index (χ0n) is 14.4. The van der Waals surface area contributed by atoms with Crippen LogP contribution in [0.25, 0.3) is 0 Å². The largest absolute Gasteiger partial charge is 0.489 e. The van der Waals surface area contributed by atoms with Crippen molar-refractivity contribution in [3.63, 3.8) is 0 Å². The molecule has 2 aromatic carbocycles. The molecule has 0 aliphatic carbocycles. The number of nitrogens with zero attached hydrogens (tertiary/aromatic N) is 1. The normalized spacial score (nSPS) is 15.7. The summed E-state index contributed by atoms with van der Waals surface area (Å²) in [5, 5.41) is 0. The maximum atomic E-state index is 11.6. The Kier molecular flexibility index (Phi) is 6.04. The van der Waals surface area contributed by atoms with E-state index in [2.05, 4.69) is 28.5 Å². The third kappa shape index (κ3) is 4.81. The fraction of sp³-hybridized carbons (Fsp3) is 0.350. The number of nitrogens with one attached hydrogen (secondary N) is 1. The average molecular weight is 339 g/mol. The first-order chi connectivity index (χ1) is 12.3. The first-order valence-corrected chi connectivity index (χ1v) is 8.73. The molecule has 5 heteroatoms. The molecule has 3 N–H and O–H groups in total. The summed E-state index contributed by atoms with van der Waals surface area (Å²) in [5.74, 6) is 6.14. The molecular weight excluding hydrogens is 314 g/mol. The van der Waals surface area contributed by atoms with Gasteiger partial charge in [0.1, 0.15) is 12.4 Å². The number of para-hydroxylation sites is 1. The fourth-order valence-corrected chi connectivity index (χ4v) is 3.22. The number of hydrogen-bond donors (Lipinski definition) is 2. The minimum atomic E-state index is -0.0498. The van der Waals surface area contributed by atoms with Crippen LogP contribution in [0.4, 0.5) is 0 Å². The number of piperidine rings is 1. The molecule has 25 heavy (non-hydrogen) atoms. The Balaban J connectivity index is 1.57. The van der Waals surface area contributed by atoms with E-state index in [-0.39, 0.29) is 11.8 Å². The summed E-state index contributed by atoms with van der Waals surface area (Å²) in [6, 6.07) is 18.4. The number of hydrogen-bond acceptors (Lipinski definition) is 4. The van der Waals surface area contributed by atoms with Gasteiger partial charge in [-0.05, 0) is 37.6 Å². The second-order valence-electron chi connectivity index (χ2n) is 6.44. The Bertz CT molecular complexity index is 682. The number of rotatable bonds is 6. The smallest absolute Gasteiger partial charge is 0.237 e. The van der Waals surface area contributed by atoms with Crippen LogP contribution in [-0.2, 0) is 17.9 Å². The molecule has 1 fully saturated rings. The van der Waals surface area contributed by atoms with Crippen LogP contribution in [0.15, 0.2) is 54.6 Å². The van der Waals surface area contributed by atoms with Crippen molar-refractivity contribution >= 4 is 5.91 Å². The van der Waals surface area contributed by atoms with Crippen molar-refractivity contribution in [3.05, 3.63) is 65.7 Å². The van der Waals surface area contributed by atoms with E-state index in [1.165, 1.54) is 5.56 Å². The molecule has 0 spiro atoms. The highest BCUT2D eigenvalue weighted by atomic mass is 16.5. The van der Waals surface area contributed by atoms with Crippen LogP contribution < -0.4 is 16.0 Å². The van der Waals surface area contributed by atoms with Gasteiger partial charge in [0.15, 0.2) is 0 Å². The first kappa shape index (κ1) is 17.5. The molecular formula is C20H25N3O2. The van der Waals surface area contributed by atoms with Crippen LogP contribution in [0.1, 0.15) is 24.0 Å². The van der Waals surface area contributed by atoms with Gasteiger partial charge in [-0.1, -0.05) is 48.5 Å². The highest BCUT2D eigenvalue weighted by Crippen LogP contribution is 2.24. The van der Waals surface area contributed by atoms with E-state index in [0.29, 0.717) is 6.61 Å². The van der Waals surface area contributed by atoms with Crippen LogP contribution in [0.2, 0.25) is 0 Å². The third-order valence-electron chi connectivity index (χ3n) is 4.70. The maximum absolute atomic E-state index is 11.6. The number of benzene rings is 2. The van der Waals surface area contributed by atoms with Crippen molar-refractivity contribution in [1.82, 2.24) is 10.3 Å². The van der Waals surface area contributed by atoms with Crippen molar-refractivity contribution in [3.8, 4) is 5.75 Å². The monoisotopic (exact) mass is 339 g/mol. The van der Waals surface area contributed by atoms with Gasteiger partial charge in [0.2, 0.25) is 5.91 Å². The Morgan fingerprint density at radius 3 is 2.48 bits per heavy atom. The van der Waals surface area contributed by atoms with Crippen molar-refractivity contribution in [2.45, 2.75) is 26.0 Å². The van der Waals surface area contributed by atoms with E-state index in [9.17, 15) is 4.79 Å². The van der Waals surface area contributed by atoms with E-state index in [4.69, 9.17) is 10.6 Å². The molecule has 0 unspecified atom stereocenters. The molecule has 1 heterocycles. The van der Waals surface area contributed by atoms with Gasteiger partial charge in [-0.25, -0.2) is 5.84 Å². The van der Waals surface area contributed by atoms with Crippen molar-refractivity contribution in [2.75, 3.05) is 13.1 Å². The molecule has 5 nitrogen and oxygen atoms in total. The highest BCUT2D eigenvalue weighted by molar-refractivity contribution is 5.78. The quantitative estimate of drug-likeness (QED) is 0.482. The number of nitrogens with two attached hydrogens (primary N) is 1. The Morgan fingerprint density at radius 1 is 1.08 bits per heavy atom. The van der Waals surface area contributed by atoms with Crippen LogP contribution in [0.3, 0.4) is 0 Å². The van der Waals surface area contributed by atoms with Crippen LogP contribution in [0.5, 0.6) is 5.75 Å².